The maximum atomic E-state index is 13.7. The highest BCUT2D eigenvalue weighted by atomic mass is 16.4. The van der Waals surface area contributed by atoms with E-state index in [0.717, 1.165) is 33.3 Å². The lowest BCUT2D eigenvalue weighted by molar-refractivity contribution is 0.637. The van der Waals surface area contributed by atoms with Gasteiger partial charge in [0.25, 0.3) is 5.56 Å². The average molecular weight is 423 g/mol. The van der Waals surface area contributed by atoms with Gasteiger partial charge in [-0.2, -0.15) is 0 Å². The van der Waals surface area contributed by atoms with Gasteiger partial charge >= 0.3 is 0 Å². The van der Waals surface area contributed by atoms with Crippen molar-refractivity contribution in [2.24, 2.45) is 0 Å². The number of rotatable bonds is 4. The third kappa shape index (κ3) is 3.19. The van der Waals surface area contributed by atoms with Crippen LogP contribution >= 0.6 is 0 Å². The number of pyridine rings is 1. The van der Waals surface area contributed by atoms with Crippen molar-refractivity contribution in [2.75, 3.05) is 5.32 Å². The fraction of sp³-hybridized carbons (Fsp3) is 0.179. The summed E-state index contributed by atoms with van der Waals surface area (Å²) in [6, 6.07) is 22.4. The Labute approximate surface area is 187 Å². The first-order valence-corrected chi connectivity index (χ1v) is 11.0. The lowest BCUT2D eigenvalue weighted by Gasteiger charge is -2.10. The number of furan rings is 1. The quantitative estimate of drug-likeness (QED) is 0.336. The zero-order chi connectivity index (χ0) is 22.4. The third-order valence-corrected chi connectivity index (χ3v) is 6.09. The minimum absolute atomic E-state index is 0.0331. The smallest absolute Gasteiger partial charge is 0.262 e. The van der Waals surface area contributed by atoms with Crippen molar-refractivity contribution >= 4 is 33.4 Å². The topological polar surface area (TPSA) is 47.2 Å². The molecule has 0 unspecified atom stereocenters. The Morgan fingerprint density at radius 3 is 2.34 bits per heavy atom. The van der Waals surface area contributed by atoms with Gasteiger partial charge in [-0.1, -0.05) is 59.7 Å². The van der Waals surface area contributed by atoms with E-state index in [2.05, 4.69) is 68.6 Å². The largest absolute Gasteiger partial charge is 0.439 e. The summed E-state index contributed by atoms with van der Waals surface area (Å²) in [6.45, 7) is 8.80. The van der Waals surface area contributed by atoms with E-state index in [9.17, 15) is 4.79 Å². The van der Waals surface area contributed by atoms with Gasteiger partial charge in [-0.25, -0.2) is 0 Å². The number of aromatic nitrogens is 1. The molecule has 2 heterocycles. The van der Waals surface area contributed by atoms with Crippen LogP contribution in [0, 0.1) is 20.8 Å². The van der Waals surface area contributed by atoms with Crippen LogP contribution in [-0.2, 0) is 6.54 Å². The van der Waals surface area contributed by atoms with Crippen LogP contribution in [0.4, 0.5) is 11.6 Å². The van der Waals surface area contributed by atoms with Crippen LogP contribution in [0.1, 0.15) is 23.6 Å². The van der Waals surface area contributed by atoms with E-state index in [-0.39, 0.29) is 5.56 Å². The van der Waals surface area contributed by atoms with Gasteiger partial charge in [0, 0.05) is 17.6 Å². The maximum absolute atomic E-state index is 13.7. The van der Waals surface area contributed by atoms with Crippen molar-refractivity contribution < 1.29 is 4.42 Å². The Bertz CT molecular complexity index is 1520. The molecule has 0 aliphatic heterocycles. The highest BCUT2D eigenvalue weighted by molar-refractivity contribution is 6.11. The fourth-order valence-corrected chi connectivity index (χ4v) is 4.44. The van der Waals surface area contributed by atoms with Crippen LogP contribution in [-0.4, -0.2) is 4.57 Å². The summed E-state index contributed by atoms with van der Waals surface area (Å²) in [5.74, 6) is 0.590. The number of nitrogens with zero attached hydrogens (tertiary/aromatic N) is 1. The summed E-state index contributed by atoms with van der Waals surface area (Å²) in [7, 11) is 0. The highest BCUT2D eigenvalue weighted by Gasteiger charge is 2.23. The predicted molar refractivity (Wildman–Crippen MR) is 133 cm³/mol. The van der Waals surface area contributed by atoms with Crippen LogP contribution < -0.4 is 10.9 Å². The summed E-state index contributed by atoms with van der Waals surface area (Å²) < 4.78 is 8.27. The molecule has 32 heavy (non-hydrogen) atoms. The maximum Gasteiger partial charge on any atom is 0.262 e. The zero-order valence-electron chi connectivity index (χ0n) is 18.8. The van der Waals surface area contributed by atoms with Crippen molar-refractivity contribution in [1.82, 2.24) is 4.57 Å². The van der Waals surface area contributed by atoms with Crippen molar-refractivity contribution in [2.45, 2.75) is 34.2 Å². The second-order valence-corrected chi connectivity index (χ2v) is 8.39. The normalized spacial score (nSPS) is 11.4. The standard InChI is InChI=1S/C28H26N2O2/c1-5-30-23-9-7-6-8-21(23)26-25(28(30)31)24(20-13-10-17(2)11-14-20)27(32-26)29-22-15-12-18(3)16-19(22)4/h6-16,29H,5H2,1-4H3. The van der Waals surface area contributed by atoms with Crippen LogP contribution in [0.5, 0.6) is 0 Å². The molecule has 0 saturated carbocycles. The number of nitrogens with one attached hydrogen (secondary N) is 1. The monoisotopic (exact) mass is 422 g/mol. The molecule has 0 spiro atoms. The average Bonchev–Trinajstić information content (AvgIpc) is 3.16. The van der Waals surface area contributed by atoms with E-state index in [1.807, 2.05) is 35.8 Å². The summed E-state index contributed by atoms with van der Waals surface area (Å²) >= 11 is 0. The molecule has 0 atom stereocenters. The fourth-order valence-electron chi connectivity index (χ4n) is 4.44. The Balaban J connectivity index is 1.87. The zero-order valence-corrected chi connectivity index (χ0v) is 18.8. The molecule has 4 heteroatoms. The third-order valence-electron chi connectivity index (χ3n) is 6.09. The van der Waals surface area contributed by atoms with Gasteiger partial charge in [-0.3, -0.25) is 4.79 Å². The second kappa shape index (κ2) is 7.72. The number of fused-ring (bicyclic) bond motifs is 3. The van der Waals surface area contributed by atoms with Gasteiger partial charge in [-0.05, 0) is 57.0 Å². The lowest BCUT2D eigenvalue weighted by Crippen LogP contribution is -2.19. The molecule has 0 amide bonds. The number of anilines is 2. The molecule has 2 aromatic heterocycles. The van der Waals surface area contributed by atoms with Crippen molar-refractivity contribution in [3.8, 4) is 11.1 Å². The van der Waals surface area contributed by atoms with Crippen molar-refractivity contribution in [1.29, 1.82) is 0 Å². The van der Waals surface area contributed by atoms with Crippen LogP contribution in [0.2, 0.25) is 0 Å². The van der Waals surface area contributed by atoms with Gasteiger partial charge in [-0.15, -0.1) is 0 Å². The number of aryl methyl sites for hydroxylation is 4. The van der Waals surface area contributed by atoms with E-state index in [1.54, 1.807) is 0 Å². The van der Waals surface area contributed by atoms with Crippen LogP contribution in [0.3, 0.4) is 0 Å². The number of para-hydroxylation sites is 1. The highest BCUT2D eigenvalue weighted by Crippen LogP contribution is 2.41. The molecule has 0 fully saturated rings. The molecule has 0 saturated heterocycles. The van der Waals surface area contributed by atoms with E-state index in [4.69, 9.17) is 4.42 Å². The minimum Gasteiger partial charge on any atom is -0.439 e. The molecule has 0 aliphatic carbocycles. The molecule has 160 valence electrons. The van der Waals surface area contributed by atoms with E-state index in [1.165, 1.54) is 11.1 Å². The minimum atomic E-state index is -0.0331. The summed E-state index contributed by atoms with van der Waals surface area (Å²) in [5.41, 5.74) is 7.69. The Kier molecular flexibility index (Phi) is 4.86. The lowest BCUT2D eigenvalue weighted by atomic mass is 10.0. The molecule has 0 aliphatic rings. The molecular formula is C28H26N2O2. The first-order valence-electron chi connectivity index (χ1n) is 11.0. The predicted octanol–water partition coefficient (Wildman–Crippen LogP) is 7.10. The number of benzene rings is 3. The van der Waals surface area contributed by atoms with Crippen molar-refractivity contribution in [3.63, 3.8) is 0 Å². The van der Waals surface area contributed by atoms with Crippen LogP contribution in [0.25, 0.3) is 33.0 Å². The molecule has 0 bridgehead atoms. The molecule has 4 nitrogen and oxygen atoms in total. The van der Waals surface area contributed by atoms with E-state index in [0.29, 0.717) is 23.4 Å². The first kappa shape index (κ1) is 20.1. The van der Waals surface area contributed by atoms with Gasteiger partial charge < -0.3 is 14.3 Å². The van der Waals surface area contributed by atoms with Gasteiger partial charge in [0.15, 0.2) is 5.58 Å². The molecule has 5 rings (SSSR count). The van der Waals surface area contributed by atoms with Gasteiger partial charge in [0.1, 0.15) is 0 Å². The number of hydrogen-bond donors (Lipinski definition) is 1. The Hall–Kier alpha value is -3.79. The SMILES string of the molecule is CCn1c(=O)c2c(-c3ccc(C)cc3)c(Nc3ccc(C)cc3C)oc2c2ccccc21. The van der Waals surface area contributed by atoms with Crippen molar-refractivity contribution in [3.05, 3.63) is 93.8 Å². The summed E-state index contributed by atoms with van der Waals surface area (Å²) in [4.78, 5) is 13.7. The summed E-state index contributed by atoms with van der Waals surface area (Å²) in [5, 5.41) is 5.03. The molecule has 1 N–H and O–H groups in total. The molecule has 3 aromatic carbocycles. The van der Waals surface area contributed by atoms with E-state index < -0.39 is 0 Å². The molecule has 0 radical (unpaired) electrons. The van der Waals surface area contributed by atoms with Gasteiger partial charge in [0.2, 0.25) is 5.88 Å². The number of hydrogen-bond acceptors (Lipinski definition) is 3. The second-order valence-electron chi connectivity index (χ2n) is 8.39. The summed E-state index contributed by atoms with van der Waals surface area (Å²) in [6.07, 6.45) is 0. The molecular weight excluding hydrogens is 396 g/mol. The van der Waals surface area contributed by atoms with Crippen LogP contribution in [0.15, 0.2) is 75.9 Å². The van der Waals surface area contributed by atoms with E-state index >= 15 is 0 Å². The Morgan fingerprint density at radius 2 is 1.62 bits per heavy atom. The van der Waals surface area contributed by atoms with Gasteiger partial charge in [0.05, 0.1) is 16.5 Å². The first-order chi connectivity index (χ1) is 15.5. The molecule has 5 aromatic rings. The Morgan fingerprint density at radius 1 is 0.906 bits per heavy atom.